The van der Waals surface area contributed by atoms with Gasteiger partial charge in [-0.25, -0.2) is 4.79 Å². The molecule has 1 aliphatic rings. The lowest BCUT2D eigenvalue weighted by Crippen LogP contribution is -2.39. The fourth-order valence-corrected chi connectivity index (χ4v) is 0.791. The number of amides is 2. The summed E-state index contributed by atoms with van der Waals surface area (Å²) in [6.07, 6.45) is -0.206. The van der Waals surface area contributed by atoms with E-state index < -0.39 is 0 Å². The van der Waals surface area contributed by atoms with E-state index in [1.807, 2.05) is 6.92 Å². The van der Waals surface area contributed by atoms with Gasteiger partial charge in [0.25, 0.3) is 0 Å². The molecular formula is C5H11N3O. The number of nitrogens with zero attached hydrogens (tertiary/aromatic N) is 1. The smallest absolute Gasteiger partial charge is 0.318 e. The average molecular weight is 129 g/mol. The highest BCUT2D eigenvalue weighted by molar-refractivity contribution is 5.77. The van der Waals surface area contributed by atoms with Gasteiger partial charge in [-0.15, -0.1) is 0 Å². The Hall–Kier alpha value is -0.770. The molecule has 0 aromatic carbocycles. The highest BCUT2D eigenvalue weighted by Crippen LogP contribution is 2.05. The second-order valence-corrected chi connectivity index (χ2v) is 2.33. The van der Waals surface area contributed by atoms with Crippen molar-refractivity contribution in [2.45, 2.75) is 19.1 Å². The van der Waals surface area contributed by atoms with Crippen LogP contribution >= 0.6 is 0 Å². The minimum atomic E-state index is -0.206. The van der Waals surface area contributed by atoms with Gasteiger partial charge in [0.1, 0.15) is 0 Å². The van der Waals surface area contributed by atoms with Crippen LogP contribution in [0.3, 0.4) is 0 Å². The number of likely N-dealkylation sites (N-methyl/N-ethyl adjacent to an activating group) is 1. The molecule has 1 aliphatic heterocycles. The molecule has 0 aromatic rings. The number of rotatable bonds is 0. The second kappa shape index (κ2) is 1.88. The fraction of sp³-hybridized carbons (Fsp3) is 0.800. The van der Waals surface area contributed by atoms with E-state index in [9.17, 15) is 4.79 Å². The molecule has 0 bridgehead atoms. The lowest BCUT2D eigenvalue weighted by atomic mass is 10.3. The molecule has 1 fully saturated rings. The highest BCUT2D eigenvalue weighted by atomic mass is 16.2. The van der Waals surface area contributed by atoms with Gasteiger partial charge in [0.15, 0.2) is 0 Å². The van der Waals surface area contributed by atoms with Crippen LogP contribution < -0.4 is 11.1 Å². The zero-order chi connectivity index (χ0) is 7.02. The maximum Gasteiger partial charge on any atom is 0.318 e. The first-order valence-electron chi connectivity index (χ1n) is 2.92. The molecule has 0 spiro atoms. The number of hydrogen-bond acceptors (Lipinski definition) is 2. The van der Waals surface area contributed by atoms with Crippen molar-refractivity contribution in [2.75, 3.05) is 7.05 Å². The number of carbonyl (C=O) groups excluding carboxylic acids is 1. The molecular weight excluding hydrogens is 118 g/mol. The third-order valence-electron chi connectivity index (χ3n) is 1.74. The molecule has 2 amide bonds. The van der Waals surface area contributed by atoms with Gasteiger partial charge in [-0.1, -0.05) is 0 Å². The molecule has 2 atom stereocenters. The van der Waals surface area contributed by atoms with E-state index in [1.54, 1.807) is 11.9 Å². The van der Waals surface area contributed by atoms with Crippen LogP contribution in [0, 0.1) is 0 Å². The quantitative estimate of drug-likeness (QED) is 0.455. The van der Waals surface area contributed by atoms with Gasteiger partial charge in [-0.05, 0) is 6.92 Å². The minimum absolute atomic E-state index is 0.0880. The van der Waals surface area contributed by atoms with E-state index in [0.29, 0.717) is 0 Å². The van der Waals surface area contributed by atoms with Crippen LogP contribution in [-0.4, -0.2) is 30.2 Å². The molecule has 1 saturated heterocycles. The van der Waals surface area contributed by atoms with Crippen LogP contribution in [0.5, 0.6) is 0 Å². The Balaban J connectivity index is 2.65. The van der Waals surface area contributed by atoms with E-state index in [0.717, 1.165) is 0 Å². The first-order valence-corrected chi connectivity index (χ1v) is 2.92. The Morgan fingerprint density at radius 2 is 2.33 bits per heavy atom. The monoisotopic (exact) mass is 129 g/mol. The molecule has 4 nitrogen and oxygen atoms in total. The summed E-state index contributed by atoms with van der Waals surface area (Å²) in [7, 11) is 1.73. The van der Waals surface area contributed by atoms with Crippen molar-refractivity contribution in [3.63, 3.8) is 0 Å². The Bertz CT molecular complexity index is 136. The van der Waals surface area contributed by atoms with Gasteiger partial charge in [-0.3, -0.25) is 0 Å². The predicted octanol–water partition coefficient (Wildman–Crippen LogP) is -0.685. The lowest BCUT2D eigenvalue weighted by Gasteiger charge is -2.14. The maximum absolute atomic E-state index is 10.7. The van der Waals surface area contributed by atoms with Crippen molar-refractivity contribution in [3.8, 4) is 0 Å². The van der Waals surface area contributed by atoms with Gasteiger partial charge in [0, 0.05) is 7.05 Å². The lowest BCUT2D eigenvalue weighted by molar-refractivity contribution is 0.218. The van der Waals surface area contributed by atoms with E-state index in [1.165, 1.54) is 0 Å². The van der Waals surface area contributed by atoms with Crippen LogP contribution in [0.1, 0.15) is 6.92 Å². The van der Waals surface area contributed by atoms with E-state index in [-0.39, 0.29) is 18.2 Å². The number of nitrogens with one attached hydrogen (secondary N) is 1. The zero-order valence-electron chi connectivity index (χ0n) is 5.59. The number of hydrogen-bond donors (Lipinski definition) is 2. The Kier molecular flexibility index (Phi) is 1.32. The Morgan fingerprint density at radius 3 is 2.44 bits per heavy atom. The Morgan fingerprint density at radius 1 is 1.78 bits per heavy atom. The minimum Gasteiger partial charge on any atom is -0.322 e. The van der Waals surface area contributed by atoms with Crippen LogP contribution in [0.15, 0.2) is 0 Å². The van der Waals surface area contributed by atoms with Crippen LogP contribution in [0.2, 0.25) is 0 Å². The molecule has 2 unspecified atom stereocenters. The van der Waals surface area contributed by atoms with Gasteiger partial charge in [0.2, 0.25) is 0 Å². The zero-order valence-corrected chi connectivity index (χ0v) is 5.59. The van der Waals surface area contributed by atoms with Crippen molar-refractivity contribution < 1.29 is 4.79 Å². The number of urea groups is 1. The SMILES string of the molecule is CC1C(N)NC(=O)N1C. The topological polar surface area (TPSA) is 58.4 Å². The van der Waals surface area contributed by atoms with Gasteiger partial charge < -0.3 is 16.0 Å². The van der Waals surface area contributed by atoms with E-state index >= 15 is 0 Å². The molecule has 3 N–H and O–H groups in total. The summed E-state index contributed by atoms with van der Waals surface area (Å²) in [6, 6.07) is 0.0208. The fourth-order valence-electron chi connectivity index (χ4n) is 0.791. The maximum atomic E-state index is 10.7. The number of nitrogens with two attached hydrogens (primary N) is 1. The summed E-state index contributed by atoms with van der Waals surface area (Å²) in [6.45, 7) is 1.91. The first-order chi connectivity index (χ1) is 4.13. The third kappa shape index (κ3) is 0.853. The molecule has 0 aliphatic carbocycles. The van der Waals surface area contributed by atoms with Gasteiger partial charge in [0.05, 0.1) is 12.2 Å². The summed E-state index contributed by atoms with van der Waals surface area (Å²) >= 11 is 0. The van der Waals surface area contributed by atoms with Crippen molar-refractivity contribution in [2.24, 2.45) is 5.73 Å². The third-order valence-corrected chi connectivity index (χ3v) is 1.74. The van der Waals surface area contributed by atoms with Crippen LogP contribution in [-0.2, 0) is 0 Å². The standard InChI is InChI=1S/C5H11N3O/c1-3-4(6)7-5(9)8(3)2/h3-4H,6H2,1-2H3,(H,7,9). The van der Waals surface area contributed by atoms with Crippen molar-refractivity contribution >= 4 is 6.03 Å². The molecule has 0 saturated carbocycles. The molecule has 1 heterocycles. The van der Waals surface area contributed by atoms with E-state index in [4.69, 9.17) is 5.73 Å². The summed E-state index contributed by atoms with van der Waals surface area (Å²) in [5, 5.41) is 2.58. The number of carbonyl (C=O) groups is 1. The summed E-state index contributed by atoms with van der Waals surface area (Å²) in [5.74, 6) is 0. The largest absolute Gasteiger partial charge is 0.322 e. The molecule has 0 radical (unpaired) electrons. The summed E-state index contributed by atoms with van der Waals surface area (Å²) in [5.41, 5.74) is 5.49. The van der Waals surface area contributed by atoms with Crippen LogP contribution in [0.4, 0.5) is 4.79 Å². The Labute approximate surface area is 54.0 Å². The molecule has 4 heteroatoms. The van der Waals surface area contributed by atoms with Gasteiger partial charge in [-0.2, -0.15) is 0 Å². The molecule has 9 heavy (non-hydrogen) atoms. The summed E-state index contributed by atoms with van der Waals surface area (Å²) < 4.78 is 0. The molecule has 0 aromatic heterocycles. The van der Waals surface area contributed by atoms with E-state index in [2.05, 4.69) is 5.32 Å². The molecule has 52 valence electrons. The van der Waals surface area contributed by atoms with Crippen molar-refractivity contribution in [3.05, 3.63) is 0 Å². The highest BCUT2D eigenvalue weighted by Gasteiger charge is 2.30. The van der Waals surface area contributed by atoms with Crippen molar-refractivity contribution in [1.82, 2.24) is 10.2 Å². The second-order valence-electron chi connectivity index (χ2n) is 2.33. The molecule has 1 rings (SSSR count). The van der Waals surface area contributed by atoms with Crippen molar-refractivity contribution in [1.29, 1.82) is 0 Å². The first kappa shape index (κ1) is 6.35. The van der Waals surface area contributed by atoms with Gasteiger partial charge >= 0.3 is 6.03 Å². The predicted molar refractivity (Wildman–Crippen MR) is 33.7 cm³/mol. The average Bonchev–Trinajstić information content (AvgIpc) is 1.98. The summed E-state index contributed by atoms with van der Waals surface area (Å²) in [4.78, 5) is 12.3. The van der Waals surface area contributed by atoms with Crippen LogP contribution in [0.25, 0.3) is 0 Å². The normalized spacial score (nSPS) is 35.0.